The van der Waals surface area contributed by atoms with Crippen molar-refractivity contribution in [2.24, 2.45) is 12.0 Å². The SMILES string of the molecule is C#CCN=Cc1cc2ccc(Cc3cncc4c3ccc3cccnc34)cc2n1C. The molecule has 3 aromatic heterocycles. The van der Waals surface area contributed by atoms with Crippen molar-refractivity contribution < 1.29 is 0 Å². The van der Waals surface area contributed by atoms with Crippen LogP contribution in [-0.4, -0.2) is 27.3 Å². The first kappa shape index (κ1) is 18.1. The van der Waals surface area contributed by atoms with Gasteiger partial charge in [-0.25, -0.2) is 0 Å². The molecular weight excluding hydrogens is 368 g/mol. The second kappa shape index (κ2) is 7.46. The summed E-state index contributed by atoms with van der Waals surface area (Å²) in [6.07, 6.45) is 13.7. The first-order chi connectivity index (χ1) is 14.7. The zero-order valence-corrected chi connectivity index (χ0v) is 16.7. The third-order valence-corrected chi connectivity index (χ3v) is 5.54. The number of nitrogens with zero attached hydrogens (tertiary/aromatic N) is 4. The second-order valence-electron chi connectivity index (χ2n) is 7.41. The maximum atomic E-state index is 5.29. The summed E-state index contributed by atoms with van der Waals surface area (Å²) in [5.74, 6) is 2.54. The van der Waals surface area contributed by atoms with E-state index >= 15 is 0 Å². The Morgan fingerprint density at radius 3 is 2.87 bits per heavy atom. The van der Waals surface area contributed by atoms with Crippen LogP contribution >= 0.6 is 0 Å². The minimum atomic E-state index is 0.393. The van der Waals surface area contributed by atoms with E-state index in [2.05, 4.69) is 75.0 Å². The zero-order chi connectivity index (χ0) is 20.5. The average molecular weight is 388 g/mol. The van der Waals surface area contributed by atoms with Crippen LogP contribution in [-0.2, 0) is 13.5 Å². The first-order valence-electron chi connectivity index (χ1n) is 9.86. The fourth-order valence-electron chi connectivity index (χ4n) is 4.03. The van der Waals surface area contributed by atoms with Gasteiger partial charge in [0.25, 0.3) is 0 Å². The highest BCUT2D eigenvalue weighted by atomic mass is 15.0. The molecule has 0 amide bonds. The number of terminal acetylenes is 1. The second-order valence-corrected chi connectivity index (χ2v) is 7.41. The number of benzene rings is 2. The summed E-state index contributed by atoms with van der Waals surface area (Å²) in [4.78, 5) is 13.4. The van der Waals surface area contributed by atoms with E-state index in [4.69, 9.17) is 6.42 Å². The molecular formula is C26H20N4. The predicted octanol–water partition coefficient (Wildman–Crippen LogP) is 4.92. The molecule has 0 fully saturated rings. The molecule has 4 nitrogen and oxygen atoms in total. The molecule has 5 aromatic rings. The lowest BCUT2D eigenvalue weighted by atomic mass is 9.99. The molecule has 0 saturated carbocycles. The van der Waals surface area contributed by atoms with Gasteiger partial charge < -0.3 is 4.57 Å². The minimum Gasteiger partial charge on any atom is -0.343 e. The smallest absolute Gasteiger partial charge is 0.0995 e. The molecule has 4 heteroatoms. The average Bonchev–Trinajstić information content (AvgIpc) is 3.09. The van der Waals surface area contributed by atoms with E-state index in [0.29, 0.717) is 6.54 Å². The van der Waals surface area contributed by atoms with Gasteiger partial charge in [0.1, 0.15) is 0 Å². The van der Waals surface area contributed by atoms with Crippen molar-refractivity contribution in [3.63, 3.8) is 0 Å². The Bertz CT molecular complexity index is 1470. The highest BCUT2D eigenvalue weighted by molar-refractivity contribution is 6.05. The highest BCUT2D eigenvalue weighted by Gasteiger charge is 2.09. The van der Waals surface area contributed by atoms with Crippen LogP contribution in [0.5, 0.6) is 0 Å². The molecule has 0 atom stereocenters. The summed E-state index contributed by atoms with van der Waals surface area (Å²) in [7, 11) is 2.06. The maximum Gasteiger partial charge on any atom is 0.0995 e. The number of fused-ring (bicyclic) bond motifs is 4. The Morgan fingerprint density at radius 1 is 1.07 bits per heavy atom. The van der Waals surface area contributed by atoms with E-state index in [1.54, 1.807) is 0 Å². The van der Waals surface area contributed by atoms with Gasteiger partial charge in [0, 0.05) is 53.5 Å². The van der Waals surface area contributed by atoms with E-state index in [0.717, 1.165) is 28.4 Å². The number of hydrogen-bond donors (Lipinski definition) is 0. The van der Waals surface area contributed by atoms with Crippen molar-refractivity contribution in [2.45, 2.75) is 6.42 Å². The lowest BCUT2D eigenvalue weighted by Crippen LogP contribution is -1.96. The summed E-state index contributed by atoms with van der Waals surface area (Å²) < 4.78 is 2.15. The normalized spacial score (nSPS) is 11.6. The van der Waals surface area contributed by atoms with Gasteiger partial charge in [-0.05, 0) is 41.1 Å². The molecule has 2 aromatic carbocycles. The molecule has 0 N–H and O–H groups in total. The summed E-state index contributed by atoms with van der Waals surface area (Å²) >= 11 is 0. The summed E-state index contributed by atoms with van der Waals surface area (Å²) in [5.41, 5.74) is 5.66. The van der Waals surface area contributed by atoms with E-state index in [1.807, 2.05) is 30.9 Å². The number of aromatic nitrogens is 3. The molecule has 0 aliphatic carbocycles. The van der Waals surface area contributed by atoms with Crippen LogP contribution in [0.2, 0.25) is 0 Å². The maximum absolute atomic E-state index is 5.29. The quantitative estimate of drug-likeness (QED) is 0.249. The number of aryl methyl sites for hydroxylation is 1. The first-order valence-corrected chi connectivity index (χ1v) is 9.86. The molecule has 0 radical (unpaired) electrons. The topological polar surface area (TPSA) is 43.1 Å². The standard InChI is InChI=1S/C26H20N4/c1-3-10-27-16-22-14-20-7-6-18(13-25(20)30(22)2)12-21-15-28-17-24-23(21)9-8-19-5-4-11-29-26(19)24/h1,4-9,11,13-17H,10,12H2,2H3. The molecule has 0 unspecified atom stereocenters. The van der Waals surface area contributed by atoms with Gasteiger partial charge in [0.05, 0.1) is 17.8 Å². The molecule has 30 heavy (non-hydrogen) atoms. The molecule has 0 bridgehead atoms. The lowest BCUT2D eigenvalue weighted by molar-refractivity contribution is 0.955. The van der Waals surface area contributed by atoms with Crippen LogP contribution in [0.4, 0.5) is 0 Å². The molecule has 0 aliphatic rings. The fraction of sp³-hybridized carbons (Fsp3) is 0.115. The van der Waals surface area contributed by atoms with Gasteiger partial charge in [-0.3, -0.25) is 15.0 Å². The highest BCUT2D eigenvalue weighted by Crippen LogP contribution is 2.28. The van der Waals surface area contributed by atoms with E-state index in [1.165, 1.54) is 27.4 Å². The van der Waals surface area contributed by atoms with Crippen LogP contribution in [0.3, 0.4) is 0 Å². The van der Waals surface area contributed by atoms with Gasteiger partial charge in [0.2, 0.25) is 0 Å². The van der Waals surface area contributed by atoms with E-state index in [9.17, 15) is 0 Å². The molecule has 0 saturated heterocycles. The van der Waals surface area contributed by atoms with Crippen LogP contribution in [0, 0.1) is 12.3 Å². The third-order valence-electron chi connectivity index (χ3n) is 5.54. The van der Waals surface area contributed by atoms with E-state index < -0.39 is 0 Å². The van der Waals surface area contributed by atoms with Crippen molar-refractivity contribution >= 4 is 38.8 Å². The van der Waals surface area contributed by atoms with Crippen molar-refractivity contribution in [1.82, 2.24) is 14.5 Å². The summed E-state index contributed by atoms with van der Waals surface area (Å²) in [6, 6.07) is 17.1. The van der Waals surface area contributed by atoms with Crippen molar-refractivity contribution in [1.29, 1.82) is 0 Å². The van der Waals surface area contributed by atoms with Gasteiger partial charge in [0.15, 0.2) is 0 Å². The predicted molar refractivity (Wildman–Crippen MR) is 124 cm³/mol. The number of rotatable bonds is 4. The van der Waals surface area contributed by atoms with Gasteiger partial charge in [-0.1, -0.05) is 36.3 Å². The summed E-state index contributed by atoms with van der Waals surface area (Å²) in [5, 5.41) is 4.62. The number of hydrogen-bond acceptors (Lipinski definition) is 3. The van der Waals surface area contributed by atoms with Crippen LogP contribution in [0.1, 0.15) is 16.8 Å². The third kappa shape index (κ3) is 3.11. The molecule has 144 valence electrons. The number of pyridine rings is 2. The van der Waals surface area contributed by atoms with Crippen LogP contribution < -0.4 is 0 Å². The van der Waals surface area contributed by atoms with Gasteiger partial charge in [-0.15, -0.1) is 6.42 Å². The van der Waals surface area contributed by atoms with Crippen molar-refractivity contribution in [2.75, 3.05) is 6.54 Å². The van der Waals surface area contributed by atoms with Gasteiger partial charge in [-0.2, -0.15) is 0 Å². The summed E-state index contributed by atoms with van der Waals surface area (Å²) in [6.45, 7) is 0.393. The minimum absolute atomic E-state index is 0.393. The zero-order valence-electron chi connectivity index (χ0n) is 16.7. The van der Waals surface area contributed by atoms with Crippen molar-refractivity contribution in [3.8, 4) is 12.3 Å². The monoisotopic (exact) mass is 388 g/mol. The van der Waals surface area contributed by atoms with Crippen molar-refractivity contribution in [3.05, 3.63) is 83.9 Å². The van der Waals surface area contributed by atoms with Crippen LogP contribution in [0.25, 0.3) is 32.6 Å². The Labute approximate surface area is 174 Å². The molecule has 0 aliphatic heterocycles. The van der Waals surface area contributed by atoms with Crippen LogP contribution in [0.15, 0.2) is 72.1 Å². The Kier molecular flexibility index (Phi) is 4.49. The fourth-order valence-corrected chi connectivity index (χ4v) is 4.03. The largest absolute Gasteiger partial charge is 0.343 e. The number of aliphatic imine (C=N–C) groups is 1. The molecule has 3 heterocycles. The molecule has 5 rings (SSSR count). The lowest BCUT2D eigenvalue weighted by Gasteiger charge is -2.09. The Balaban J connectivity index is 1.55. The van der Waals surface area contributed by atoms with E-state index in [-0.39, 0.29) is 0 Å². The molecule has 0 spiro atoms. The Morgan fingerprint density at radius 2 is 1.97 bits per heavy atom. The Hall–Kier alpha value is -3.97. The van der Waals surface area contributed by atoms with Gasteiger partial charge >= 0.3 is 0 Å².